The Morgan fingerprint density at radius 1 is 1.39 bits per heavy atom. The van der Waals surface area contributed by atoms with Gasteiger partial charge in [0.05, 0.1) is 11.3 Å². The second-order valence-corrected chi connectivity index (χ2v) is 12.0. The Morgan fingerprint density at radius 3 is 2.86 bits per heavy atom. The standard InChI is InChI=1S/C28H33N5OS2/c1-6-14-33-25(20-11-9-8-10-18(20)3)31-32-27(33)35-17-24(34)30-26-22(16-29)21-13-12-19(15-23(21)36-26)28(4,5)7-2/h6,8-11,19H,1,7,12-15,17H2,2-5H3,(H,30,34). The fourth-order valence-corrected chi connectivity index (χ4v) is 6.79. The van der Waals surface area contributed by atoms with Crippen LogP contribution in [0, 0.1) is 29.6 Å². The second-order valence-electron chi connectivity index (χ2n) is 9.96. The lowest BCUT2D eigenvalue weighted by atomic mass is 9.69. The van der Waals surface area contributed by atoms with Gasteiger partial charge in [0.2, 0.25) is 5.91 Å². The smallest absolute Gasteiger partial charge is 0.235 e. The van der Waals surface area contributed by atoms with Gasteiger partial charge in [0, 0.05) is 17.0 Å². The largest absolute Gasteiger partial charge is 0.316 e. The Morgan fingerprint density at radius 2 is 2.17 bits per heavy atom. The molecule has 1 aliphatic carbocycles. The molecule has 0 saturated heterocycles. The third-order valence-corrected chi connectivity index (χ3v) is 9.53. The molecule has 36 heavy (non-hydrogen) atoms. The van der Waals surface area contributed by atoms with E-state index in [0.29, 0.717) is 28.2 Å². The Kier molecular flexibility index (Phi) is 8.01. The number of fused-ring (bicyclic) bond motifs is 1. The monoisotopic (exact) mass is 519 g/mol. The van der Waals surface area contributed by atoms with E-state index in [1.807, 2.05) is 35.8 Å². The molecule has 4 rings (SSSR count). The number of aryl methyl sites for hydroxylation is 1. The minimum absolute atomic E-state index is 0.147. The van der Waals surface area contributed by atoms with Crippen LogP contribution in [0.4, 0.5) is 5.00 Å². The van der Waals surface area contributed by atoms with Crippen LogP contribution >= 0.6 is 23.1 Å². The normalized spacial score (nSPS) is 15.2. The maximum Gasteiger partial charge on any atom is 0.235 e. The first-order valence-corrected chi connectivity index (χ1v) is 14.2. The van der Waals surface area contributed by atoms with E-state index in [2.05, 4.69) is 48.9 Å². The van der Waals surface area contributed by atoms with Crippen molar-refractivity contribution in [2.45, 2.75) is 65.1 Å². The molecule has 1 atom stereocenters. The molecule has 6 nitrogen and oxygen atoms in total. The fraction of sp³-hybridized carbons (Fsp3) is 0.429. The molecule has 2 aromatic heterocycles. The van der Waals surface area contributed by atoms with Crippen LogP contribution in [0.3, 0.4) is 0 Å². The number of thiophene rings is 1. The molecule has 0 bridgehead atoms. The van der Waals surface area contributed by atoms with E-state index < -0.39 is 0 Å². The van der Waals surface area contributed by atoms with Gasteiger partial charge in [-0.25, -0.2) is 0 Å². The number of hydrogen-bond acceptors (Lipinski definition) is 6. The Hall–Kier alpha value is -2.89. The van der Waals surface area contributed by atoms with E-state index in [4.69, 9.17) is 0 Å². The molecule has 0 saturated carbocycles. The molecule has 3 aromatic rings. The zero-order valence-electron chi connectivity index (χ0n) is 21.4. The Labute approximate surface area is 221 Å². The number of nitriles is 1. The van der Waals surface area contributed by atoms with Crippen LogP contribution in [0.5, 0.6) is 0 Å². The van der Waals surface area contributed by atoms with Gasteiger partial charge in [-0.3, -0.25) is 9.36 Å². The van der Waals surface area contributed by atoms with Crippen LogP contribution in [0.1, 0.15) is 55.2 Å². The van der Waals surface area contributed by atoms with Crippen molar-refractivity contribution in [3.8, 4) is 17.5 Å². The SMILES string of the molecule is C=CCn1c(SCC(=O)Nc2sc3c(c2C#N)CCC(C(C)(C)CC)C3)nnc1-c1ccccc1C. The van der Waals surface area contributed by atoms with Crippen molar-refractivity contribution in [3.63, 3.8) is 0 Å². The molecular formula is C28H33N5OS2. The first kappa shape index (κ1) is 26.2. The minimum atomic E-state index is -0.147. The number of rotatable bonds is 9. The Balaban J connectivity index is 1.48. The topological polar surface area (TPSA) is 83.6 Å². The van der Waals surface area contributed by atoms with Crippen LogP contribution in [-0.4, -0.2) is 26.4 Å². The van der Waals surface area contributed by atoms with Crippen LogP contribution in [0.2, 0.25) is 0 Å². The molecule has 1 aliphatic rings. The maximum absolute atomic E-state index is 12.9. The lowest BCUT2D eigenvalue weighted by Crippen LogP contribution is -2.28. The number of aromatic nitrogens is 3. The molecule has 2 heterocycles. The van der Waals surface area contributed by atoms with Crippen LogP contribution in [-0.2, 0) is 24.2 Å². The van der Waals surface area contributed by atoms with Gasteiger partial charge in [0.1, 0.15) is 11.1 Å². The van der Waals surface area contributed by atoms with E-state index in [1.54, 1.807) is 17.4 Å². The highest BCUT2D eigenvalue weighted by Crippen LogP contribution is 2.45. The molecule has 0 fully saturated rings. The number of benzene rings is 1. The molecule has 1 aromatic carbocycles. The number of thioether (sulfide) groups is 1. The third kappa shape index (κ3) is 5.28. The first-order valence-electron chi connectivity index (χ1n) is 12.4. The summed E-state index contributed by atoms with van der Waals surface area (Å²) in [5.41, 5.74) is 4.16. The number of anilines is 1. The van der Waals surface area contributed by atoms with Gasteiger partial charge in [0.15, 0.2) is 11.0 Å². The molecule has 1 N–H and O–H groups in total. The fourth-order valence-electron chi connectivity index (χ4n) is 4.75. The predicted molar refractivity (Wildman–Crippen MR) is 148 cm³/mol. The molecule has 1 unspecified atom stereocenters. The minimum Gasteiger partial charge on any atom is -0.316 e. The molecule has 8 heteroatoms. The van der Waals surface area contributed by atoms with Crippen molar-refractivity contribution in [2.24, 2.45) is 11.3 Å². The number of nitrogens with one attached hydrogen (secondary N) is 1. The lowest BCUT2D eigenvalue weighted by Gasteiger charge is -2.36. The van der Waals surface area contributed by atoms with Gasteiger partial charge in [0.25, 0.3) is 0 Å². The zero-order chi connectivity index (χ0) is 25.9. The average molecular weight is 520 g/mol. The summed E-state index contributed by atoms with van der Waals surface area (Å²) in [5, 5.41) is 23.0. The van der Waals surface area contributed by atoms with E-state index in [-0.39, 0.29) is 17.1 Å². The molecular weight excluding hydrogens is 486 g/mol. The van der Waals surface area contributed by atoms with Crippen molar-refractivity contribution in [1.82, 2.24) is 14.8 Å². The van der Waals surface area contributed by atoms with Crippen molar-refractivity contribution >= 4 is 34.0 Å². The van der Waals surface area contributed by atoms with E-state index >= 15 is 0 Å². The zero-order valence-corrected chi connectivity index (χ0v) is 23.1. The van der Waals surface area contributed by atoms with Gasteiger partial charge >= 0.3 is 0 Å². The quantitative estimate of drug-likeness (QED) is 0.253. The molecule has 0 radical (unpaired) electrons. The van der Waals surface area contributed by atoms with Crippen molar-refractivity contribution in [2.75, 3.05) is 11.1 Å². The number of allylic oxidation sites excluding steroid dienone is 1. The highest BCUT2D eigenvalue weighted by Gasteiger charge is 2.34. The third-order valence-electron chi connectivity index (χ3n) is 7.39. The Bertz CT molecular complexity index is 1310. The summed E-state index contributed by atoms with van der Waals surface area (Å²) in [6.07, 6.45) is 5.90. The first-order chi connectivity index (χ1) is 17.3. The summed E-state index contributed by atoms with van der Waals surface area (Å²) < 4.78 is 1.98. The number of nitrogens with zero attached hydrogens (tertiary/aromatic N) is 4. The van der Waals surface area contributed by atoms with Crippen molar-refractivity contribution in [3.05, 3.63) is 58.5 Å². The van der Waals surface area contributed by atoms with E-state index in [1.165, 1.54) is 16.6 Å². The summed E-state index contributed by atoms with van der Waals surface area (Å²) in [5.74, 6) is 1.39. The van der Waals surface area contributed by atoms with Gasteiger partial charge in [-0.2, -0.15) is 5.26 Å². The molecule has 1 amide bonds. The van der Waals surface area contributed by atoms with Gasteiger partial charge in [-0.05, 0) is 48.6 Å². The summed E-state index contributed by atoms with van der Waals surface area (Å²) in [6, 6.07) is 10.4. The average Bonchev–Trinajstić information content (AvgIpc) is 3.43. The summed E-state index contributed by atoms with van der Waals surface area (Å²) >= 11 is 2.91. The second kappa shape index (κ2) is 11.0. The van der Waals surface area contributed by atoms with Crippen LogP contribution < -0.4 is 5.32 Å². The summed E-state index contributed by atoms with van der Waals surface area (Å²) in [6.45, 7) is 13.4. The van der Waals surface area contributed by atoms with Gasteiger partial charge in [-0.1, -0.05) is 69.3 Å². The highest BCUT2D eigenvalue weighted by atomic mass is 32.2. The maximum atomic E-state index is 12.9. The number of carbonyl (C=O) groups excluding carboxylic acids is 1. The van der Waals surface area contributed by atoms with Crippen molar-refractivity contribution in [1.29, 1.82) is 5.26 Å². The van der Waals surface area contributed by atoms with Gasteiger partial charge in [-0.15, -0.1) is 28.1 Å². The number of amides is 1. The summed E-state index contributed by atoms with van der Waals surface area (Å²) in [7, 11) is 0. The number of hydrogen-bond donors (Lipinski definition) is 1. The lowest BCUT2D eigenvalue weighted by molar-refractivity contribution is -0.113. The van der Waals surface area contributed by atoms with E-state index in [9.17, 15) is 10.1 Å². The molecule has 0 spiro atoms. The van der Waals surface area contributed by atoms with Gasteiger partial charge < -0.3 is 5.32 Å². The predicted octanol–water partition coefficient (Wildman–Crippen LogP) is 6.64. The van der Waals surface area contributed by atoms with E-state index in [0.717, 1.165) is 48.2 Å². The van der Waals surface area contributed by atoms with Crippen molar-refractivity contribution < 1.29 is 4.79 Å². The summed E-state index contributed by atoms with van der Waals surface area (Å²) in [4.78, 5) is 14.2. The number of carbonyl (C=O) groups is 1. The van der Waals surface area contributed by atoms with Crippen LogP contribution in [0.25, 0.3) is 11.4 Å². The molecule has 0 aliphatic heterocycles. The highest BCUT2D eigenvalue weighted by molar-refractivity contribution is 7.99. The molecule has 188 valence electrons. The van der Waals surface area contributed by atoms with Crippen LogP contribution in [0.15, 0.2) is 42.1 Å².